The number of hydrogen-bond donors (Lipinski definition) is 0. The monoisotopic (exact) mass is 194 g/mol. The Kier molecular flexibility index (Phi) is 3.08. The Labute approximate surface area is 81.5 Å². The van der Waals surface area contributed by atoms with Gasteiger partial charge < -0.3 is 4.57 Å². The van der Waals surface area contributed by atoms with E-state index in [0.717, 1.165) is 16.1 Å². The van der Waals surface area contributed by atoms with Gasteiger partial charge in [-0.05, 0) is 12.1 Å². The van der Waals surface area contributed by atoms with Crippen LogP contribution in [0.4, 0.5) is 10.5 Å². The second kappa shape index (κ2) is 4.09. The Morgan fingerprint density at radius 1 is 1.23 bits per heavy atom. The van der Waals surface area contributed by atoms with Gasteiger partial charge in [-0.15, -0.1) is 0 Å². The average Bonchev–Trinajstić information content (AvgIpc) is 2.17. The van der Waals surface area contributed by atoms with E-state index >= 15 is 0 Å². The molecule has 1 rings (SSSR count). The minimum atomic E-state index is 0.0397. The number of anilines is 1. The number of nitrogens with zero attached hydrogens (tertiary/aromatic N) is 2. The van der Waals surface area contributed by atoms with E-state index in [4.69, 9.17) is 0 Å². The van der Waals surface area contributed by atoms with Gasteiger partial charge in [-0.2, -0.15) is 0 Å². The molecule has 0 bridgehead atoms. The van der Waals surface area contributed by atoms with Crippen LogP contribution in [0.2, 0.25) is 0 Å². The van der Waals surface area contributed by atoms with E-state index < -0.39 is 0 Å². The predicted molar refractivity (Wildman–Crippen MR) is 57.9 cm³/mol. The number of amides is 2. The molecule has 1 aromatic carbocycles. The van der Waals surface area contributed by atoms with Gasteiger partial charge in [0.15, 0.2) is 0 Å². The molecule has 0 fully saturated rings. The van der Waals surface area contributed by atoms with Crippen LogP contribution >= 0.6 is 0 Å². The molecule has 0 atom stereocenters. The first-order valence-corrected chi connectivity index (χ1v) is 5.02. The van der Waals surface area contributed by atoms with E-state index in [2.05, 4.69) is 0 Å². The van der Waals surface area contributed by atoms with Crippen LogP contribution in [-0.4, -0.2) is 35.1 Å². The van der Waals surface area contributed by atoms with Crippen LogP contribution in [0.25, 0.3) is 0 Å². The van der Waals surface area contributed by atoms with Crippen LogP contribution < -0.4 is 4.90 Å². The van der Waals surface area contributed by atoms with E-state index in [9.17, 15) is 4.79 Å². The van der Waals surface area contributed by atoms with Crippen molar-refractivity contribution in [3.63, 3.8) is 0 Å². The summed E-state index contributed by atoms with van der Waals surface area (Å²) in [5, 5.41) is 0. The van der Waals surface area contributed by atoms with Crippen molar-refractivity contribution in [1.82, 2.24) is 4.57 Å². The number of hydrogen-bond acceptors (Lipinski definition) is 1. The van der Waals surface area contributed by atoms with E-state index in [1.54, 1.807) is 23.6 Å². The van der Waals surface area contributed by atoms with Crippen molar-refractivity contribution in [2.24, 2.45) is 0 Å². The molecule has 3 nitrogen and oxygen atoms in total. The predicted octanol–water partition coefficient (Wildman–Crippen LogP) is 0.455. The van der Waals surface area contributed by atoms with E-state index in [1.807, 2.05) is 30.3 Å². The minimum Gasteiger partial charge on any atom is -0.363 e. The average molecular weight is 194 g/mol. The molecule has 0 saturated carbocycles. The Bertz CT molecular complexity index is 287. The normalized spacial score (nSPS) is 9.69. The number of para-hydroxylation sites is 1. The maximum atomic E-state index is 11.5. The van der Waals surface area contributed by atoms with Crippen molar-refractivity contribution < 1.29 is 4.79 Å². The molecule has 0 aliphatic heterocycles. The molecular weight excluding hydrogens is 180 g/mol. The van der Waals surface area contributed by atoms with Crippen LogP contribution in [0.1, 0.15) is 0 Å². The maximum absolute atomic E-state index is 11.5. The lowest BCUT2D eigenvalue weighted by Gasteiger charge is -2.21. The van der Waals surface area contributed by atoms with E-state index in [1.165, 1.54) is 0 Å². The summed E-state index contributed by atoms with van der Waals surface area (Å²) in [5.41, 5.74) is 0.926. The zero-order chi connectivity index (χ0) is 9.84. The molecule has 0 spiro atoms. The van der Waals surface area contributed by atoms with Crippen molar-refractivity contribution in [3.8, 4) is 0 Å². The summed E-state index contributed by atoms with van der Waals surface area (Å²) in [6, 6.07) is 9.66. The second-order valence-electron chi connectivity index (χ2n) is 3.07. The highest BCUT2D eigenvalue weighted by molar-refractivity contribution is 6.16. The third kappa shape index (κ3) is 2.32. The molecule has 0 saturated heterocycles. The van der Waals surface area contributed by atoms with Crippen molar-refractivity contribution in [2.45, 2.75) is 0 Å². The van der Waals surface area contributed by atoms with Gasteiger partial charge in [0.05, 0.1) is 0 Å². The molecule has 0 N–H and O–H groups in total. The maximum Gasteiger partial charge on any atom is 0.315 e. The third-order valence-corrected chi connectivity index (χ3v) is 2.20. The molecule has 0 aliphatic carbocycles. The minimum absolute atomic E-state index is 0.0397. The van der Waals surface area contributed by atoms with Crippen molar-refractivity contribution in [2.75, 3.05) is 19.0 Å². The zero-order valence-corrected chi connectivity index (χ0v) is 10.2. The molecule has 0 aliphatic rings. The lowest BCUT2D eigenvalue weighted by atomic mass is 10.3. The van der Waals surface area contributed by atoms with Crippen molar-refractivity contribution >= 4 is 22.1 Å². The topological polar surface area (TPSA) is 23.6 Å². The van der Waals surface area contributed by atoms with E-state index in [-0.39, 0.29) is 6.03 Å². The highest BCUT2D eigenvalue weighted by atomic mass is 28.2. The van der Waals surface area contributed by atoms with Gasteiger partial charge in [0.1, 0.15) is 10.4 Å². The molecular formula is C9H14N2OSi. The van der Waals surface area contributed by atoms with Gasteiger partial charge in [-0.1, -0.05) is 18.2 Å². The van der Waals surface area contributed by atoms with Crippen LogP contribution in [0, 0.1) is 0 Å². The second-order valence-corrected chi connectivity index (χ2v) is 4.41. The summed E-state index contributed by atoms with van der Waals surface area (Å²) >= 11 is 0. The summed E-state index contributed by atoms with van der Waals surface area (Å²) in [5.74, 6) is 0. The van der Waals surface area contributed by atoms with Crippen LogP contribution in [0.3, 0.4) is 0 Å². The first-order valence-electron chi connectivity index (χ1n) is 4.13. The Morgan fingerprint density at radius 3 is 2.23 bits per heavy atom. The summed E-state index contributed by atoms with van der Waals surface area (Å²) in [7, 11) is 4.33. The molecule has 0 radical (unpaired) electrons. The van der Waals surface area contributed by atoms with Crippen molar-refractivity contribution in [3.05, 3.63) is 30.3 Å². The van der Waals surface area contributed by atoms with E-state index in [0.29, 0.717) is 0 Å². The smallest absolute Gasteiger partial charge is 0.315 e. The molecule has 13 heavy (non-hydrogen) atoms. The lowest BCUT2D eigenvalue weighted by molar-refractivity contribution is 0.236. The molecule has 0 aromatic heterocycles. The van der Waals surface area contributed by atoms with Gasteiger partial charge in [0.2, 0.25) is 0 Å². The van der Waals surface area contributed by atoms with Gasteiger partial charge in [-0.3, -0.25) is 4.90 Å². The first kappa shape index (κ1) is 9.79. The van der Waals surface area contributed by atoms with Gasteiger partial charge in [-0.25, -0.2) is 4.79 Å². The number of urea groups is 1. The van der Waals surface area contributed by atoms with Crippen LogP contribution in [0.15, 0.2) is 30.3 Å². The van der Waals surface area contributed by atoms with Gasteiger partial charge >= 0.3 is 6.03 Å². The largest absolute Gasteiger partial charge is 0.363 e. The summed E-state index contributed by atoms with van der Waals surface area (Å²) in [6.45, 7) is 0. The lowest BCUT2D eigenvalue weighted by Crippen LogP contribution is -2.37. The fourth-order valence-corrected chi connectivity index (χ4v) is 1.36. The molecule has 2 amide bonds. The summed E-state index contributed by atoms with van der Waals surface area (Å²) in [4.78, 5) is 13.2. The number of carbonyl (C=O) groups is 1. The third-order valence-electron chi connectivity index (χ3n) is 1.81. The van der Waals surface area contributed by atoms with Crippen molar-refractivity contribution in [1.29, 1.82) is 0 Å². The van der Waals surface area contributed by atoms with Gasteiger partial charge in [0, 0.05) is 19.8 Å². The SMILES string of the molecule is CN([SiH3])C(=O)N(C)c1ccccc1. The first-order chi connectivity index (χ1) is 6.13. The molecule has 0 heterocycles. The Hall–Kier alpha value is -1.29. The van der Waals surface area contributed by atoms with Crippen LogP contribution in [-0.2, 0) is 0 Å². The summed E-state index contributed by atoms with van der Waals surface area (Å²) < 4.78 is 1.69. The molecule has 70 valence electrons. The summed E-state index contributed by atoms with van der Waals surface area (Å²) in [6.07, 6.45) is 0. The highest BCUT2D eigenvalue weighted by Gasteiger charge is 2.10. The molecule has 0 unspecified atom stereocenters. The number of benzene rings is 1. The number of rotatable bonds is 1. The molecule has 1 aromatic rings. The highest BCUT2D eigenvalue weighted by Crippen LogP contribution is 2.11. The Morgan fingerprint density at radius 2 is 1.77 bits per heavy atom. The van der Waals surface area contributed by atoms with Crippen LogP contribution in [0.5, 0.6) is 0 Å². The molecule has 4 heteroatoms. The standard InChI is InChI=1S/C9H14N2OSi/c1-10(9(12)11(2)13)8-6-4-3-5-7-8/h3-7H,1-2,13H3. The fourth-order valence-electron chi connectivity index (χ4n) is 1.06. The quantitative estimate of drug-likeness (QED) is 0.596. The van der Waals surface area contributed by atoms with Gasteiger partial charge in [0.25, 0.3) is 0 Å². The zero-order valence-electron chi connectivity index (χ0n) is 8.19. The Balaban J connectivity index is 2.80. The fraction of sp³-hybridized carbons (Fsp3) is 0.222. The number of carbonyl (C=O) groups excluding carboxylic acids is 1.